The Morgan fingerprint density at radius 1 is 0.741 bits per heavy atom. The van der Waals surface area contributed by atoms with Crippen molar-refractivity contribution in [1.82, 2.24) is 0 Å². The maximum Gasteiger partial charge on any atom is 0.224 e. The molecule has 0 aromatic heterocycles. The molecule has 0 saturated carbocycles. The van der Waals surface area contributed by atoms with Crippen molar-refractivity contribution in [2.75, 3.05) is 5.32 Å². The fourth-order valence-electron chi connectivity index (χ4n) is 3.45. The third kappa shape index (κ3) is 13.3. The summed E-state index contributed by atoms with van der Waals surface area (Å²) in [6, 6.07) is 6.87. The number of anilines is 1. The average molecular weight is 376 g/mol. The van der Waals surface area contributed by atoms with Gasteiger partial charge in [0, 0.05) is 6.42 Å². The number of carbonyl (C=O) groups is 1. The van der Waals surface area contributed by atoms with Gasteiger partial charge < -0.3 is 10.4 Å². The van der Waals surface area contributed by atoms with Crippen molar-refractivity contribution >= 4 is 11.6 Å². The molecule has 0 bridgehead atoms. The Hall–Kier alpha value is -1.51. The van der Waals surface area contributed by atoms with Crippen LogP contribution in [0.1, 0.15) is 110 Å². The summed E-state index contributed by atoms with van der Waals surface area (Å²) in [5.74, 6) is 0.119. The second-order valence-electron chi connectivity index (χ2n) is 7.77. The van der Waals surface area contributed by atoms with Gasteiger partial charge in [-0.15, -0.1) is 0 Å². The molecule has 1 rings (SSSR count). The minimum atomic E-state index is -0.00815. The highest BCUT2D eigenvalue weighted by Crippen LogP contribution is 2.22. The molecule has 0 heterocycles. The molecule has 0 aliphatic rings. The van der Waals surface area contributed by atoms with Crippen LogP contribution in [0.25, 0.3) is 0 Å². The van der Waals surface area contributed by atoms with E-state index in [0.717, 1.165) is 12.8 Å². The van der Waals surface area contributed by atoms with Gasteiger partial charge in [-0.3, -0.25) is 4.79 Å². The summed E-state index contributed by atoms with van der Waals surface area (Å²) in [7, 11) is 0. The molecule has 27 heavy (non-hydrogen) atoms. The summed E-state index contributed by atoms with van der Waals surface area (Å²) in [6.07, 6.45) is 20.4. The van der Waals surface area contributed by atoms with Crippen molar-refractivity contribution in [1.29, 1.82) is 0 Å². The van der Waals surface area contributed by atoms with Crippen molar-refractivity contribution in [3.05, 3.63) is 24.3 Å². The predicted octanol–water partition coefficient (Wildman–Crippen LogP) is 7.59. The molecule has 3 heteroatoms. The molecular weight excluding hydrogens is 334 g/mol. The molecule has 0 saturated heterocycles. The van der Waals surface area contributed by atoms with Crippen molar-refractivity contribution in [2.24, 2.45) is 0 Å². The third-order valence-electron chi connectivity index (χ3n) is 5.19. The second-order valence-corrected chi connectivity index (χ2v) is 7.77. The molecule has 0 fully saturated rings. The van der Waals surface area contributed by atoms with E-state index in [1.165, 1.54) is 83.5 Å². The Morgan fingerprint density at radius 2 is 1.19 bits per heavy atom. The SMILES string of the molecule is CCCCCCCCCCCCCCCCCC(=O)Nc1ccccc1O. The first kappa shape index (κ1) is 23.5. The molecule has 0 unspecified atom stereocenters. The number of unbranched alkanes of at least 4 members (excludes halogenated alkanes) is 14. The van der Waals surface area contributed by atoms with Crippen molar-refractivity contribution < 1.29 is 9.90 Å². The van der Waals surface area contributed by atoms with E-state index in [2.05, 4.69) is 12.2 Å². The predicted molar refractivity (Wildman–Crippen MR) is 116 cm³/mol. The molecule has 0 spiro atoms. The van der Waals surface area contributed by atoms with Crippen molar-refractivity contribution in [3.63, 3.8) is 0 Å². The van der Waals surface area contributed by atoms with Gasteiger partial charge in [-0.1, -0.05) is 109 Å². The van der Waals surface area contributed by atoms with Crippen molar-refractivity contribution in [2.45, 2.75) is 110 Å². The van der Waals surface area contributed by atoms with Crippen LogP contribution >= 0.6 is 0 Å². The topological polar surface area (TPSA) is 49.3 Å². The lowest BCUT2D eigenvalue weighted by atomic mass is 10.0. The minimum absolute atomic E-state index is 0.00815. The summed E-state index contributed by atoms with van der Waals surface area (Å²) in [5, 5.41) is 12.4. The van der Waals surface area contributed by atoms with E-state index >= 15 is 0 Å². The highest BCUT2D eigenvalue weighted by atomic mass is 16.3. The quantitative estimate of drug-likeness (QED) is 0.217. The fraction of sp³-hybridized carbons (Fsp3) is 0.708. The van der Waals surface area contributed by atoms with Crippen LogP contribution < -0.4 is 5.32 Å². The number of phenolic OH excluding ortho intramolecular Hbond substituents is 1. The van der Waals surface area contributed by atoms with Crippen LogP contribution in [0.2, 0.25) is 0 Å². The van der Waals surface area contributed by atoms with Gasteiger partial charge in [-0.2, -0.15) is 0 Å². The van der Waals surface area contributed by atoms with E-state index in [1.54, 1.807) is 18.2 Å². The first-order chi connectivity index (χ1) is 13.2. The highest BCUT2D eigenvalue weighted by molar-refractivity contribution is 5.92. The first-order valence-electron chi connectivity index (χ1n) is 11.3. The fourth-order valence-corrected chi connectivity index (χ4v) is 3.45. The number of amides is 1. The van der Waals surface area contributed by atoms with E-state index in [9.17, 15) is 9.90 Å². The Balaban J connectivity index is 1.82. The van der Waals surface area contributed by atoms with Crippen molar-refractivity contribution in [3.8, 4) is 5.75 Å². The molecule has 1 aromatic rings. The lowest BCUT2D eigenvalue weighted by Gasteiger charge is -2.07. The molecule has 2 N–H and O–H groups in total. The van der Waals surface area contributed by atoms with Crippen LogP contribution in [-0.4, -0.2) is 11.0 Å². The van der Waals surface area contributed by atoms with Gasteiger partial charge in [-0.25, -0.2) is 0 Å². The van der Waals surface area contributed by atoms with Crippen LogP contribution in [0.15, 0.2) is 24.3 Å². The zero-order valence-corrected chi connectivity index (χ0v) is 17.5. The molecule has 0 radical (unpaired) electrons. The number of hydrogen-bond donors (Lipinski definition) is 2. The molecule has 3 nitrogen and oxygen atoms in total. The van der Waals surface area contributed by atoms with Gasteiger partial charge in [0.15, 0.2) is 0 Å². The number of phenols is 1. The number of para-hydroxylation sites is 2. The number of benzene rings is 1. The molecule has 0 aliphatic carbocycles. The van der Waals surface area contributed by atoms with Gasteiger partial charge >= 0.3 is 0 Å². The number of aromatic hydroxyl groups is 1. The Morgan fingerprint density at radius 3 is 1.67 bits per heavy atom. The number of carbonyl (C=O) groups excluding carboxylic acids is 1. The average Bonchev–Trinajstić information content (AvgIpc) is 2.66. The Labute approximate surface area is 167 Å². The molecule has 0 atom stereocenters. The lowest BCUT2D eigenvalue weighted by Crippen LogP contribution is -2.11. The number of hydrogen-bond acceptors (Lipinski definition) is 2. The summed E-state index contributed by atoms with van der Waals surface area (Å²) < 4.78 is 0. The van der Waals surface area contributed by atoms with E-state index in [-0.39, 0.29) is 11.7 Å². The van der Waals surface area contributed by atoms with Gasteiger partial charge in [0.1, 0.15) is 5.75 Å². The number of rotatable bonds is 17. The monoisotopic (exact) mass is 375 g/mol. The normalized spacial score (nSPS) is 10.9. The van der Waals surface area contributed by atoms with Gasteiger partial charge in [0.2, 0.25) is 5.91 Å². The van der Waals surface area contributed by atoms with Crippen LogP contribution in [-0.2, 0) is 4.79 Å². The standard InChI is InChI=1S/C24H41NO2/c1-2-3-4-5-6-7-8-9-10-11-12-13-14-15-16-21-24(27)25-22-19-17-18-20-23(22)26/h17-20,26H,2-16,21H2,1H3,(H,25,27). The maximum absolute atomic E-state index is 11.9. The minimum Gasteiger partial charge on any atom is -0.506 e. The highest BCUT2D eigenvalue weighted by Gasteiger charge is 2.05. The second kappa shape index (κ2) is 16.6. The zero-order valence-electron chi connectivity index (χ0n) is 17.5. The smallest absolute Gasteiger partial charge is 0.224 e. The Kier molecular flexibility index (Phi) is 14.5. The molecular formula is C24H41NO2. The molecule has 154 valence electrons. The summed E-state index contributed by atoms with van der Waals surface area (Å²) in [4.78, 5) is 11.9. The lowest BCUT2D eigenvalue weighted by molar-refractivity contribution is -0.116. The first-order valence-corrected chi connectivity index (χ1v) is 11.3. The van der Waals surface area contributed by atoms with Crippen LogP contribution in [0.5, 0.6) is 5.75 Å². The molecule has 1 aromatic carbocycles. The maximum atomic E-state index is 11.9. The molecule has 1 amide bonds. The summed E-state index contributed by atoms with van der Waals surface area (Å²) in [6.45, 7) is 2.27. The van der Waals surface area contributed by atoms with Crippen LogP contribution in [0.3, 0.4) is 0 Å². The summed E-state index contributed by atoms with van der Waals surface area (Å²) in [5.41, 5.74) is 0.503. The zero-order chi connectivity index (χ0) is 19.6. The van der Waals surface area contributed by atoms with E-state index in [0.29, 0.717) is 12.1 Å². The van der Waals surface area contributed by atoms with E-state index in [4.69, 9.17) is 0 Å². The largest absolute Gasteiger partial charge is 0.506 e. The number of nitrogens with one attached hydrogen (secondary N) is 1. The third-order valence-corrected chi connectivity index (χ3v) is 5.19. The van der Waals surface area contributed by atoms with Crippen LogP contribution in [0, 0.1) is 0 Å². The van der Waals surface area contributed by atoms with Gasteiger partial charge in [0.05, 0.1) is 5.69 Å². The van der Waals surface area contributed by atoms with Gasteiger partial charge in [-0.05, 0) is 18.6 Å². The molecule has 0 aliphatic heterocycles. The Bertz CT molecular complexity index is 487. The summed E-state index contributed by atoms with van der Waals surface area (Å²) >= 11 is 0. The van der Waals surface area contributed by atoms with E-state index < -0.39 is 0 Å². The van der Waals surface area contributed by atoms with Gasteiger partial charge in [0.25, 0.3) is 0 Å². The van der Waals surface area contributed by atoms with E-state index in [1.807, 2.05) is 6.07 Å². The van der Waals surface area contributed by atoms with Crippen LogP contribution in [0.4, 0.5) is 5.69 Å².